The fourth-order valence-corrected chi connectivity index (χ4v) is 2.87. The number of hydrogen-bond acceptors (Lipinski definition) is 3. The Bertz CT molecular complexity index is 685. The van der Waals surface area contributed by atoms with E-state index < -0.39 is 0 Å². The van der Waals surface area contributed by atoms with E-state index in [0.29, 0.717) is 16.7 Å². The highest BCUT2D eigenvalue weighted by molar-refractivity contribution is 9.10. The maximum absolute atomic E-state index is 12.2. The first kappa shape index (κ1) is 16.2. The first-order valence-electron chi connectivity index (χ1n) is 6.80. The molecule has 1 N–H and O–H groups in total. The van der Waals surface area contributed by atoms with Gasteiger partial charge in [0.2, 0.25) is 0 Å². The number of rotatable bonds is 5. The molecule has 6 heteroatoms. The molecule has 0 aliphatic carbocycles. The number of anilines is 1. The van der Waals surface area contributed by atoms with Gasteiger partial charge in [-0.1, -0.05) is 35.0 Å². The summed E-state index contributed by atoms with van der Waals surface area (Å²) in [6, 6.07) is 8.14. The van der Waals surface area contributed by atoms with Crippen molar-refractivity contribution < 1.29 is 0 Å². The third-order valence-corrected chi connectivity index (χ3v) is 4.40. The van der Waals surface area contributed by atoms with Crippen LogP contribution in [0.1, 0.15) is 31.9 Å². The molecule has 112 valence electrons. The quantitative estimate of drug-likeness (QED) is 0.790. The van der Waals surface area contributed by atoms with Gasteiger partial charge in [-0.15, -0.1) is 0 Å². The molecular weight excluding hydrogens is 398 g/mol. The average Bonchev–Trinajstić information content (AvgIpc) is 2.47. The van der Waals surface area contributed by atoms with Crippen LogP contribution in [0.5, 0.6) is 0 Å². The predicted octanol–water partition coefficient (Wildman–Crippen LogP) is 4.35. The Morgan fingerprint density at radius 2 is 2.14 bits per heavy atom. The number of nitrogens with one attached hydrogen (secondary N) is 1. The Kier molecular flexibility index (Phi) is 5.58. The van der Waals surface area contributed by atoms with Gasteiger partial charge in [0.1, 0.15) is 4.47 Å². The van der Waals surface area contributed by atoms with Gasteiger partial charge in [-0.2, -0.15) is 5.10 Å². The molecule has 0 spiro atoms. The van der Waals surface area contributed by atoms with Crippen molar-refractivity contribution in [2.24, 2.45) is 0 Å². The monoisotopic (exact) mass is 413 g/mol. The van der Waals surface area contributed by atoms with E-state index in [9.17, 15) is 4.79 Å². The van der Waals surface area contributed by atoms with Crippen molar-refractivity contribution in [3.63, 3.8) is 0 Å². The summed E-state index contributed by atoms with van der Waals surface area (Å²) in [6.07, 6.45) is 2.57. The standard InChI is InChI=1S/C15H17Br2N3O/c1-3-7-20-15(21)14(17)13(9-18-20)19-10(2)11-5-4-6-12(16)8-11/h4-6,8-10,19H,3,7H2,1-2H3. The van der Waals surface area contributed by atoms with Crippen LogP contribution in [-0.4, -0.2) is 9.78 Å². The summed E-state index contributed by atoms with van der Waals surface area (Å²) in [5, 5.41) is 7.52. The van der Waals surface area contributed by atoms with Crippen molar-refractivity contribution in [2.75, 3.05) is 5.32 Å². The van der Waals surface area contributed by atoms with Crippen LogP contribution in [0.4, 0.5) is 5.69 Å². The summed E-state index contributed by atoms with van der Waals surface area (Å²) in [4.78, 5) is 12.2. The van der Waals surface area contributed by atoms with Gasteiger partial charge in [-0.05, 0) is 47.0 Å². The molecule has 0 fully saturated rings. The van der Waals surface area contributed by atoms with Crippen molar-refractivity contribution in [1.82, 2.24) is 9.78 Å². The average molecular weight is 415 g/mol. The van der Waals surface area contributed by atoms with E-state index in [4.69, 9.17) is 0 Å². The third kappa shape index (κ3) is 3.95. The van der Waals surface area contributed by atoms with Gasteiger partial charge in [0.15, 0.2) is 0 Å². The van der Waals surface area contributed by atoms with E-state index in [-0.39, 0.29) is 11.6 Å². The topological polar surface area (TPSA) is 46.9 Å². The molecule has 0 saturated carbocycles. The molecule has 1 aromatic carbocycles. The van der Waals surface area contributed by atoms with Crippen molar-refractivity contribution >= 4 is 37.5 Å². The van der Waals surface area contributed by atoms with E-state index in [1.165, 1.54) is 4.68 Å². The zero-order valence-electron chi connectivity index (χ0n) is 11.9. The molecule has 2 aromatic rings. The van der Waals surface area contributed by atoms with Crippen molar-refractivity contribution in [3.8, 4) is 0 Å². The molecule has 0 aliphatic rings. The van der Waals surface area contributed by atoms with Crippen LogP contribution in [0.25, 0.3) is 0 Å². The molecule has 0 amide bonds. The summed E-state index contributed by atoms with van der Waals surface area (Å²) in [5.74, 6) is 0. The fourth-order valence-electron chi connectivity index (χ4n) is 2.03. The Balaban J connectivity index is 2.24. The summed E-state index contributed by atoms with van der Waals surface area (Å²) in [5.41, 5.74) is 1.73. The lowest BCUT2D eigenvalue weighted by Crippen LogP contribution is -2.24. The minimum atomic E-state index is -0.108. The number of hydrogen-bond donors (Lipinski definition) is 1. The molecule has 1 unspecified atom stereocenters. The highest BCUT2D eigenvalue weighted by Gasteiger charge is 2.12. The highest BCUT2D eigenvalue weighted by Crippen LogP contribution is 2.24. The predicted molar refractivity (Wildman–Crippen MR) is 92.7 cm³/mol. The number of nitrogens with zero attached hydrogens (tertiary/aromatic N) is 2. The SMILES string of the molecule is CCCn1ncc(NC(C)c2cccc(Br)c2)c(Br)c1=O. The molecule has 4 nitrogen and oxygen atoms in total. The van der Waals surface area contributed by atoms with Crippen molar-refractivity contribution in [2.45, 2.75) is 32.9 Å². The lowest BCUT2D eigenvalue weighted by atomic mass is 10.1. The molecule has 0 bridgehead atoms. The highest BCUT2D eigenvalue weighted by atomic mass is 79.9. The second-order valence-electron chi connectivity index (χ2n) is 4.82. The molecule has 1 atom stereocenters. The molecule has 1 heterocycles. The number of benzene rings is 1. The Morgan fingerprint density at radius 3 is 2.81 bits per heavy atom. The smallest absolute Gasteiger partial charge is 0.283 e. The first-order valence-corrected chi connectivity index (χ1v) is 8.39. The number of halogens is 2. The van der Waals surface area contributed by atoms with Crippen LogP contribution in [0.3, 0.4) is 0 Å². The Morgan fingerprint density at radius 1 is 1.38 bits per heavy atom. The maximum atomic E-state index is 12.2. The molecular formula is C15H17Br2N3O. The van der Waals surface area contributed by atoms with Crippen LogP contribution in [0.2, 0.25) is 0 Å². The lowest BCUT2D eigenvalue weighted by Gasteiger charge is -2.17. The van der Waals surface area contributed by atoms with Crippen LogP contribution < -0.4 is 10.9 Å². The molecule has 21 heavy (non-hydrogen) atoms. The van der Waals surface area contributed by atoms with Gasteiger partial charge in [0.25, 0.3) is 5.56 Å². The zero-order valence-corrected chi connectivity index (χ0v) is 15.1. The minimum Gasteiger partial charge on any atom is -0.376 e. The molecule has 0 aliphatic heterocycles. The number of aromatic nitrogens is 2. The van der Waals surface area contributed by atoms with Crippen LogP contribution >= 0.6 is 31.9 Å². The van der Waals surface area contributed by atoms with Crippen LogP contribution in [0, 0.1) is 0 Å². The third-order valence-electron chi connectivity index (χ3n) is 3.14. The largest absolute Gasteiger partial charge is 0.376 e. The van der Waals surface area contributed by atoms with Crippen LogP contribution in [-0.2, 0) is 6.54 Å². The van der Waals surface area contributed by atoms with Gasteiger partial charge >= 0.3 is 0 Å². The number of aryl methyl sites for hydroxylation is 1. The minimum absolute atomic E-state index is 0.0713. The summed E-state index contributed by atoms with van der Waals surface area (Å²) < 4.78 is 3.02. The van der Waals surface area contributed by atoms with Crippen molar-refractivity contribution in [3.05, 3.63) is 55.3 Å². The van der Waals surface area contributed by atoms with Gasteiger partial charge in [-0.3, -0.25) is 4.79 Å². The second kappa shape index (κ2) is 7.22. The van der Waals surface area contributed by atoms with Gasteiger partial charge in [0, 0.05) is 17.1 Å². The Hall–Kier alpha value is -1.14. The molecule has 0 radical (unpaired) electrons. The molecule has 2 rings (SSSR count). The van der Waals surface area contributed by atoms with Gasteiger partial charge in [-0.25, -0.2) is 4.68 Å². The van der Waals surface area contributed by atoms with E-state index in [2.05, 4.69) is 48.3 Å². The van der Waals surface area contributed by atoms with E-state index in [0.717, 1.165) is 16.5 Å². The zero-order chi connectivity index (χ0) is 15.4. The first-order chi connectivity index (χ1) is 10.0. The normalized spacial score (nSPS) is 12.2. The van der Waals surface area contributed by atoms with E-state index in [1.807, 2.05) is 32.0 Å². The fraction of sp³-hybridized carbons (Fsp3) is 0.333. The summed E-state index contributed by atoms with van der Waals surface area (Å²) in [6.45, 7) is 4.69. The molecule has 0 saturated heterocycles. The Labute approximate surface area is 140 Å². The van der Waals surface area contributed by atoms with Gasteiger partial charge in [0.05, 0.1) is 11.9 Å². The second-order valence-corrected chi connectivity index (χ2v) is 6.53. The lowest BCUT2D eigenvalue weighted by molar-refractivity contribution is 0.565. The van der Waals surface area contributed by atoms with Crippen LogP contribution in [0.15, 0.2) is 44.2 Å². The van der Waals surface area contributed by atoms with Gasteiger partial charge < -0.3 is 5.32 Å². The van der Waals surface area contributed by atoms with E-state index in [1.54, 1.807) is 6.20 Å². The molecule has 1 aromatic heterocycles. The van der Waals surface area contributed by atoms with Crippen molar-refractivity contribution in [1.29, 1.82) is 0 Å². The summed E-state index contributed by atoms with van der Waals surface area (Å²) in [7, 11) is 0. The summed E-state index contributed by atoms with van der Waals surface area (Å²) >= 11 is 6.84. The van der Waals surface area contributed by atoms with E-state index >= 15 is 0 Å². The maximum Gasteiger partial charge on any atom is 0.283 e.